The van der Waals surface area contributed by atoms with Crippen molar-refractivity contribution in [1.29, 1.82) is 0 Å². The molecule has 19 heavy (non-hydrogen) atoms. The van der Waals surface area contributed by atoms with Crippen molar-refractivity contribution in [2.24, 2.45) is 0 Å². The lowest BCUT2D eigenvalue weighted by atomic mass is 10.5. The highest BCUT2D eigenvalue weighted by Crippen LogP contribution is 1.89. The number of rotatable bonds is 12. The summed E-state index contributed by atoms with van der Waals surface area (Å²) < 4.78 is 0. The highest BCUT2D eigenvalue weighted by atomic mass is 17.0. The van der Waals surface area contributed by atoms with E-state index in [1.807, 2.05) is 11.0 Å². The monoisotopic (exact) mass is 286 g/mol. The van der Waals surface area contributed by atoms with Gasteiger partial charge >= 0.3 is 15.3 Å². The van der Waals surface area contributed by atoms with Gasteiger partial charge in [-0.2, -0.15) is 11.0 Å². The molecule has 0 unspecified atom stereocenters. The molecule has 15 nitrogen and oxygen atoms in total. The molecule has 0 aliphatic rings. The van der Waals surface area contributed by atoms with Crippen molar-refractivity contribution in [2.75, 3.05) is 26.2 Å². The smallest absolute Gasteiger partial charge is 0.220 e. The molecule has 0 aliphatic heterocycles. The molecule has 0 aliphatic carbocycles. The third-order valence-corrected chi connectivity index (χ3v) is 1.39. The van der Waals surface area contributed by atoms with E-state index in [9.17, 15) is 30.3 Å². The van der Waals surface area contributed by atoms with Gasteiger partial charge in [0, 0.05) is 26.2 Å². The van der Waals surface area contributed by atoms with Crippen molar-refractivity contribution < 1.29 is 30.1 Å². The van der Waals surface area contributed by atoms with E-state index in [1.165, 1.54) is 0 Å². The van der Waals surface area contributed by atoms with Gasteiger partial charge in [0.2, 0.25) is 0 Å². The molecule has 0 heterocycles. The normalized spacial score (nSPS) is 9.95. The molecule has 0 radical (unpaired) electrons. The third-order valence-electron chi connectivity index (χ3n) is 1.39. The van der Waals surface area contributed by atoms with Crippen LogP contribution in [0.4, 0.5) is 0 Å². The molecule has 0 saturated heterocycles. The number of nitrogens with one attached hydrogen (secondary N) is 2. The maximum absolute atomic E-state index is 10.1. The van der Waals surface area contributed by atoms with Crippen molar-refractivity contribution >= 4 is 0 Å². The van der Waals surface area contributed by atoms with E-state index < -0.39 is 15.3 Å². The van der Waals surface area contributed by atoms with Gasteiger partial charge in [-0.25, -0.2) is 14.8 Å². The SMILES string of the molecule is O=[N+]([O-])ONCCN(CCNO[N+](=O)[O-])O[N+](=O)[O-]. The third kappa shape index (κ3) is 11.7. The Kier molecular flexibility index (Phi) is 8.24. The quantitative estimate of drug-likeness (QED) is 0.225. The van der Waals surface area contributed by atoms with Crippen LogP contribution in [0.25, 0.3) is 0 Å². The van der Waals surface area contributed by atoms with E-state index in [0.717, 1.165) is 5.06 Å². The first-order chi connectivity index (χ1) is 8.91. The zero-order valence-corrected chi connectivity index (χ0v) is 9.29. The van der Waals surface area contributed by atoms with Crippen LogP contribution in [0.3, 0.4) is 0 Å². The molecule has 0 bridgehead atoms. The summed E-state index contributed by atoms with van der Waals surface area (Å²) in [5, 5.41) is 27.1. The minimum Gasteiger partial charge on any atom is -0.220 e. The van der Waals surface area contributed by atoms with Gasteiger partial charge in [-0.1, -0.05) is 0 Å². The Morgan fingerprint density at radius 1 is 0.842 bits per heavy atom. The van der Waals surface area contributed by atoms with Gasteiger partial charge < -0.3 is 0 Å². The first-order valence-corrected chi connectivity index (χ1v) is 4.57. The van der Waals surface area contributed by atoms with Crippen molar-refractivity contribution in [3.63, 3.8) is 0 Å². The predicted octanol–water partition coefficient (Wildman–Crippen LogP) is -2.16. The number of hydrogen-bond donors (Lipinski definition) is 2. The van der Waals surface area contributed by atoms with Crippen molar-refractivity contribution in [1.82, 2.24) is 16.0 Å². The van der Waals surface area contributed by atoms with Gasteiger partial charge in [0.05, 0.1) is 0 Å². The van der Waals surface area contributed by atoms with Gasteiger partial charge in [-0.05, 0) is 0 Å². The van der Waals surface area contributed by atoms with E-state index in [2.05, 4.69) is 14.8 Å². The Morgan fingerprint density at radius 3 is 1.58 bits per heavy atom. The summed E-state index contributed by atoms with van der Waals surface area (Å²) >= 11 is 0. The molecule has 110 valence electrons. The van der Waals surface area contributed by atoms with E-state index in [-0.39, 0.29) is 26.2 Å². The van der Waals surface area contributed by atoms with Crippen LogP contribution in [0.15, 0.2) is 0 Å². The highest BCUT2D eigenvalue weighted by Gasteiger charge is 2.10. The molecular formula is C4H10N6O9. The second-order valence-corrected chi connectivity index (χ2v) is 2.65. The van der Waals surface area contributed by atoms with Gasteiger partial charge in [-0.15, -0.1) is 35.4 Å². The highest BCUT2D eigenvalue weighted by molar-refractivity contribution is 4.47. The van der Waals surface area contributed by atoms with Crippen molar-refractivity contribution in [2.45, 2.75) is 0 Å². The molecule has 0 aromatic heterocycles. The Morgan fingerprint density at radius 2 is 1.26 bits per heavy atom. The van der Waals surface area contributed by atoms with Crippen LogP contribution >= 0.6 is 0 Å². The summed E-state index contributed by atoms with van der Waals surface area (Å²) in [6.07, 6.45) is 0. The lowest BCUT2D eigenvalue weighted by Crippen LogP contribution is -2.39. The second-order valence-electron chi connectivity index (χ2n) is 2.65. The van der Waals surface area contributed by atoms with E-state index in [1.54, 1.807) is 0 Å². The fraction of sp³-hybridized carbons (Fsp3) is 1.00. The largest absolute Gasteiger partial charge is 0.312 e. The lowest BCUT2D eigenvalue weighted by molar-refractivity contribution is -0.811. The number of nitrogens with zero attached hydrogens (tertiary/aromatic N) is 4. The van der Waals surface area contributed by atoms with Crippen LogP contribution in [0.5, 0.6) is 0 Å². The number of hydroxylamine groups is 4. The minimum atomic E-state index is -1.11. The Hall–Kier alpha value is -2.52. The summed E-state index contributed by atoms with van der Waals surface area (Å²) in [6.45, 7) is -0.639. The lowest BCUT2D eigenvalue weighted by Gasteiger charge is -2.18. The summed E-state index contributed by atoms with van der Waals surface area (Å²) in [5.74, 6) is 0. The van der Waals surface area contributed by atoms with Crippen LogP contribution in [-0.2, 0) is 14.8 Å². The molecule has 2 N–H and O–H groups in total. The molecule has 0 rings (SSSR count). The predicted molar refractivity (Wildman–Crippen MR) is 51.8 cm³/mol. The van der Waals surface area contributed by atoms with Crippen LogP contribution < -0.4 is 11.0 Å². The molecule has 15 heteroatoms. The topological polar surface area (TPSA) is 184 Å². The van der Waals surface area contributed by atoms with Gasteiger partial charge in [0.25, 0.3) is 0 Å². The number of hydrogen-bond acceptors (Lipinski definition) is 12. The van der Waals surface area contributed by atoms with Crippen molar-refractivity contribution in [3.05, 3.63) is 30.3 Å². The molecule has 0 fully saturated rings. The molecule has 0 aromatic rings. The molecule has 0 amide bonds. The van der Waals surface area contributed by atoms with Crippen LogP contribution in [-0.4, -0.2) is 46.5 Å². The maximum Gasteiger partial charge on any atom is 0.312 e. The van der Waals surface area contributed by atoms with Gasteiger partial charge in [0.15, 0.2) is 0 Å². The van der Waals surface area contributed by atoms with Crippen LogP contribution in [0.2, 0.25) is 0 Å². The summed E-state index contributed by atoms with van der Waals surface area (Å²) in [4.78, 5) is 41.2. The van der Waals surface area contributed by atoms with Crippen LogP contribution in [0.1, 0.15) is 0 Å². The summed E-state index contributed by atoms with van der Waals surface area (Å²) in [5.41, 5.74) is 3.79. The Labute approximate surface area is 104 Å². The minimum absolute atomic E-state index is 0.158. The van der Waals surface area contributed by atoms with E-state index in [0.29, 0.717) is 0 Å². The Bertz CT molecular complexity index is 289. The fourth-order valence-corrected chi connectivity index (χ4v) is 0.825. The Balaban J connectivity index is 3.84. The zero-order valence-electron chi connectivity index (χ0n) is 9.29. The standard InChI is InChI=1S/C4H10N6O9/c11-8(12)17-5-1-3-7(19-10(15)16)4-2-6-18-9(13)14/h5-6H,1-4H2. The first kappa shape index (κ1) is 16.5. The average Bonchev–Trinajstić information content (AvgIpc) is 2.28. The van der Waals surface area contributed by atoms with Gasteiger partial charge in [0.1, 0.15) is 0 Å². The molecule has 0 atom stereocenters. The molecule has 0 spiro atoms. The maximum atomic E-state index is 10.1. The summed E-state index contributed by atoms with van der Waals surface area (Å²) in [6, 6.07) is 0. The second kappa shape index (κ2) is 9.50. The molecule has 0 saturated carbocycles. The summed E-state index contributed by atoms with van der Waals surface area (Å²) in [7, 11) is 0. The van der Waals surface area contributed by atoms with Gasteiger partial charge in [-0.3, -0.25) is 0 Å². The fourth-order valence-electron chi connectivity index (χ4n) is 0.825. The average molecular weight is 286 g/mol. The molecule has 0 aromatic carbocycles. The van der Waals surface area contributed by atoms with Crippen LogP contribution in [0, 0.1) is 30.3 Å². The first-order valence-electron chi connectivity index (χ1n) is 4.57. The van der Waals surface area contributed by atoms with E-state index >= 15 is 0 Å². The van der Waals surface area contributed by atoms with Crippen molar-refractivity contribution in [3.8, 4) is 0 Å². The molecular weight excluding hydrogens is 276 g/mol. The van der Waals surface area contributed by atoms with E-state index in [4.69, 9.17) is 0 Å². The zero-order chi connectivity index (χ0) is 14.7.